The van der Waals surface area contributed by atoms with Crippen molar-refractivity contribution in [3.63, 3.8) is 0 Å². The molecule has 2 nitrogen and oxygen atoms in total. The second-order valence-electron chi connectivity index (χ2n) is 4.71. The second-order valence-corrected chi connectivity index (χ2v) is 6.03. The molecule has 0 aliphatic heterocycles. The normalized spacial score (nSPS) is 13.1. The van der Waals surface area contributed by atoms with Gasteiger partial charge < -0.3 is 0 Å². The maximum absolute atomic E-state index is 6.19. The van der Waals surface area contributed by atoms with E-state index in [2.05, 4.69) is 35.2 Å². The Morgan fingerprint density at radius 1 is 1.35 bits per heavy atom. The molecule has 1 atom stereocenters. The molecule has 17 heavy (non-hydrogen) atoms. The van der Waals surface area contributed by atoms with Crippen molar-refractivity contribution in [2.45, 2.75) is 39.2 Å². The molecule has 0 bridgehead atoms. The predicted octanol–water partition coefficient (Wildman–Crippen LogP) is 4.43. The van der Waals surface area contributed by atoms with Gasteiger partial charge in [-0.15, -0.1) is 0 Å². The molecule has 4 heteroatoms. The van der Waals surface area contributed by atoms with Crippen molar-refractivity contribution in [3.05, 3.63) is 33.3 Å². The van der Waals surface area contributed by atoms with Gasteiger partial charge in [0.1, 0.15) is 0 Å². The first kappa shape index (κ1) is 15.0. The number of nitrogens with one attached hydrogen (secondary N) is 1. The Hall–Kier alpha value is -0.0900. The molecule has 0 saturated heterocycles. The summed E-state index contributed by atoms with van der Waals surface area (Å²) in [6.45, 7) is 4.47. The zero-order valence-corrected chi connectivity index (χ0v) is 12.7. The SMILES string of the molecule is CC(C)CCCC(NN)c1cc(Br)ccc1Cl. The van der Waals surface area contributed by atoms with Crippen LogP contribution in [-0.2, 0) is 0 Å². The van der Waals surface area contributed by atoms with Crippen molar-refractivity contribution in [3.8, 4) is 0 Å². The molecular formula is C13H20BrClN2. The van der Waals surface area contributed by atoms with E-state index in [0.717, 1.165) is 33.8 Å². The molecule has 0 amide bonds. The summed E-state index contributed by atoms with van der Waals surface area (Å²) in [5.74, 6) is 6.34. The first-order valence-electron chi connectivity index (χ1n) is 5.95. The highest BCUT2D eigenvalue weighted by atomic mass is 79.9. The van der Waals surface area contributed by atoms with Crippen LogP contribution in [0.4, 0.5) is 0 Å². The van der Waals surface area contributed by atoms with Crippen molar-refractivity contribution >= 4 is 27.5 Å². The molecule has 0 heterocycles. The number of hydrogen-bond acceptors (Lipinski definition) is 2. The first-order valence-corrected chi connectivity index (χ1v) is 7.12. The van der Waals surface area contributed by atoms with Gasteiger partial charge in [-0.2, -0.15) is 0 Å². The molecule has 96 valence electrons. The van der Waals surface area contributed by atoms with Gasteiger partial charge in [-0.25, -0.2) is 0 Å². The average molecular weight is 320 g/mol. The smallest absolute Gasteiger partial charge is 0.0475 e. The highest BCUT2D eigenvalue weighted by Gasteiger charge is 2.13. The number of rotatable bonds is 6. The molecule has 0 aromatic heterocycles. The van der Waals surface area contributed by atoms with Crippen LogP contribution in [0.2, 0.25) is 5.02 Å². The lowest BCUT2D eigenvalue weighted by Gasteiger charge is -2.18. The van der Waals surface area contributed by atoms with Crippen LogP contribution in [0, 0.1) is 5.92 Å². The van der Waals surface area contributed by atoms with E-state index in [1.165, 1.54) is 6.42 Å². The van der Waals surface area contributed by atoms with E-state index in [0.29, 0.717) is 0 Å². The van der Waals surface area contributed by atoms with Crippen LogP contribution < -0.4 is 11.3 Å². The van der Waals surface area contributed by atoms with E-state index in [4.69, 9.17) is 17.4 Å². The molecule has 1 rings (SSSR count). The van der Waals surface area contributed by atoms with Crippen molar-refractivity contribution < 1.29 is 0 Å². The van der Waals surface area contributed by atoms with Crippen LogP contribution in [0.3, 0.4) is 0 Å². The molecule has 0 radical (unpaired) electrons. The highest BCUT2D eigenvalue weighted by Crippen LogP contribution is 2.29. The Bertz CT molecular complexity index is 355. The van der Waals surface area contributed by atoms with E-state index in [9.17, 15) is 0 Å². The van der Waals surface area contributed by atoms with Crippen LogP contribution in [0.1, 0.15) is 44.7 Å². The summed E-state index contributed by atoms with van der Waals surface area (Å²) in [7, 11) is 0. The molecule has 1 aromatic rings. The molecule has 0 aliphatic carbocycles. The van der Waals surface area contributed by atoms with Crippen LogP contribution in [-0.4, -0.2) is 0 Å². The van der Waals surface area contributed by atoms with Gasteiger partial charge in [0, 0.05) is 15.5 Å². The monoisotopic (exact) mass is 318 g/mol. The number of benzene rings is 1. The maximum atomic E-state index is 6.19. The zero-order chi connectivity index (χ0) is 12.8. The minimum absolute atomic E-state index is 0.124. The van der Waals surface area contributed by atoms with Gasteiger partial charge >= 0.3 is 0 Å². The summed E-state index contributed by atoms with van der Waals surface area (Å²) in [5, 5.41) is 0.765. The number of hydrogen-bond donors (Lipinski definition) is 2. The van der Waals surface area contributed by atoms with Gasteiger partial charge in [-0.1, -0.05) is 54.2 Å². The van der Waals surface area contributed by atoms with E-state index in [-0.39, 0.29) is 6.04 Å². The lowest BCUT2D eigenvalue weighted by Crippen LogP contribution is -2.28. The van der Waals surface area contributed by atoms with Gasteiger partial charge in [0.2, 0.25) is 0 Å². The number of nitrogens with two attached hydrogens (primary N) is 1. The van der Waals surface area contributed by atoms with Gasteiger partial charge in [-0.3, -0.25) is 11.3 Å². The molecule has 0 spiro atoms. The Balaban J connectivity index is 2.68. The van der Waals surface area contributed by atoms with Crippen LogP contribution in [0.5, 0.6) is 0 Å². The molecule has 3 N–H and O–H groups in total. The Kier molecular flexibility index (Phi) is 6.49. The predicted molar refractivity (Wildman–Crippen MR) is 77.9 cm³/mol. The standard InChI is InChI=1S/C13H20BrClN2/c1-9(2)4-3-5-13(17-16)11-8-10(14)6-7-12(11)15/h6-9,13,17H,3-5,16H2,1-2H3. The summed E-state index contributed by atoms with van der Waals surface area (Å²) in [6.07, 6.45) is 3.37. The summed E-state index contributed by atoms with van der Waals surface area (Å²) in [5.41, 5.74) is 3.92. The van der Waals surface area contributed by atoms with Gasteiger partial charge in [0.05, 0.1) is 0 Å². The fourth-order valence-electron chi connectivity index (χ4n) is 1.84. The average Bonchev–Trinajstić information content (AvgIpc) is 2.28. The Labute approximate surface area is 117 Å². The van der Waals surface area contributed by atoms with Gasteiger partial charge in [0.25, 0.3) is 0 Å². The van der Waals surface area contributed by atoms with E-state index < -0.39 is 0 Å². The minimum atomic E-state index is 0.124. The zero-order valence-electron chi connectivity index (χ0n) is 10.3. The fourth-order valence-corrected chi connectivity index (χ4v) is 2.47. The van der Waals surface area contributed by atoms with Crippen LogP contribution in [0.25, 0.3) is 0 Å². The molecule has 0 saturated carbocycles. The fraction of sp³-hybridized carbons (Fsp3) is 0.538. The Morgan fingerprint density at radius 2 is 2.06 bits per heavy atom. The first-order chi connectivity index (χ1) is 8.04. The second kappa shape index (κ2) is 7.37. The van der Waals surface area contributed by atoms with E-state index in [1.807, 2.05) is 18.2 Å². The summed E-state index contributed by atoms with van der Waals surface area (Å²) in [6, 6.07) is 5.99. The van der Waals surface area contributed by atoms with Crippen LogP contribution in [0.15, 0.2) is 22.7 Å². The van der Waals surface area contributed by atoms with Crippen LogP contribution >= 0.6 is 27.5 Å². The molecule has 1 aromatic carbocycles. The van der Waals surface area contributed by atoms with Crippen molar-refractivity contribution in [1.29, 1.82) is 0 Å². The highest BCUT2D eigenvalue weighted by molar-refractivity contribution is 9.10. The summed E-state index contributed by atoms with van der Waals surface area (Å²) >= 11 is 9.65. The van der Waals surface area contributed by atoms with Crippen molar-refractivity contribution in [1.82, 2.24) is 5.43 Å². The summed E-state index contributed by atoms with van der Waals surface area (Å²) in [4.78, 5) is 0. The number of halogens is 2. The Morgan fingerprint density at radius 3 is 2.65 bits per heavy atom. The molecule has 1 unspecified atom stereocenters. The maximum Gasteiger partial charge on any atom is 0.0475 e. The molecule has 0 aliphatic rings. The third kappa shape index (κ3) is 4.96. The van der Waals surface area contributed by atoms with Crippen molar-refractivity contribution in [2.24, 2.45) is 11.8 Å². The minimum Gasteiger partial charge on any atom is -0.271 e. The third-order valence-electron chi connectivity index (χ3n) is 2.81. The molecular weight excluding hydrogens is 300 g/mol. The topological polar surface area (TPSA) is 38.0 Å². The largest absolute Gasteiger partial charge is 0.271 e. The van der Waals surface area contributed by atoms with Gasteiger partial charge in [-0.05, 0) is 36.1 Å². The lowest BCUT2D eigenvalue weighted by molar-refractivity contribution is 0.455. The van der Waals surface area contributed by atoms with Crippen molar-refractivity contribution in [2.75, 3.05) is 0 Å². The van der Waals surface area contributed by atoms with Gasteiger partial charge in [0.15, 0.2) is 0 Å². The summed E-state index contributed by atoms with van der Waals surface area (Å²) < 4.78 is 1.03. The number of hydrazine groups is 1. The van der Waals surface area contributed by atoms with E-state index in [1.54, 1.807) is 0 Å². The lowest BCUT2D eigenvalue weighted by atomic mass is 9.98. The third-order valence-corrected chi connectivity index (χ3v) is 3.65. The quantitative estimate of drug-likeness (QED) is 0.601. The van der Waals surface area contributed by atoms with E-state index >= 15 is 0 Å². The molecule has 0 fully saturated rings.